The fraction of sp³-hybridized carbons (Fsp3) is 0.114. The van der Waals surface area contributed by atoms with Crippen LogP contribution in [0.1, 0.15) is 35.2 Å². The number of carbonyl (C=O) groups excluding carboxylic acids is 1. The molecule has 2 heterocycles. The van der Waals surface area contributed by atoms with E-state index in [1.54, 1.807) is 43.3 Å². The Balaban J connectivity index is 1.53. The molecule has 0 saturated carbocycles. The molecule has 0 amide bonds. The summed E-state index contributed by atoms with van der Waals surface area (Å²) in [4.78, 5) is 33.0. The topological polar surface area (TPSA) is 69.9 Å². The lowest BCUT2D eigenvalue weighted by molar-refractivity contribution is -0.138. The summed E-state index contributed by atoms with van der Waals surface area (Å²) in [6.45, 7) is 2.15. The highest BCUT2D eigenvalue weighted by molar-refractivity contribution is 9.10. The van der Waals surface area contributed by atoms with Crippen molar-refractivity contribution >= 4 is 56.6 Å². The molecule has 0 saturated heterocycles. The highest BCUT2D eigenvalue weighted by Crippen LogP contribution is 2.35. The molecular weight excluding hydrogens is 679 g/mol. The van der Waals surface area contributed by atoms with Crippen LogP contribution in [0.3, 0.4) is 0 Å². The summed E-state index contributed by atoms with van der Waals surface area (Å²) < 4.78 is 28.5. The average molecular weight is 704 g/mol. The van der Waals surface area contributed by atoms with Crippen LogP contribution in [0.2, 0.25) is 5.02 Å². The van der Waals surface area contributed by atoms with E-state index in [2.05, 4.69) is 15.9 Å². The van der Waals surface area contributed by atoms with Crippen molar-refractivity contribution in [2.45, 2.75) is 19.6 Å². The lowest BCUT2D eigenvalue weighted by Crippen LogP contribution is -2.40. The first-order valence-electron chi connectivity index (χ1n) is 14.0. The lowest BCUT2D eigenvalue weighted by Gasteiger charge is -2.25. The van der Waals surface area contributed by atoms with Crippen molar-refractivity contribution in [1.82, 2.24) is 4.57 Å². The van der Waals surface area contributed by atoms with Crippen LogP contribution in [0.5, 0.6) is 5.75 Å². The molecule has 5 aromatic rings. The van der Waals surface area contributed by atoms with Crippen molar-refractivity contribution in [2.75, 3.05) is 6.61 Å². The Morgan fingerprint density at radius 3 is 2.49 bits per heavy atom. The van der Waals surface area contributed by atoms with Crippen LogP contribution in [0.25, 0.3) is 11.8 Å². The molecule has 0 radical (unpaired) electrons. The Labute approximate surface area is 275 Å². The summed E-state index contributed by atoms with van der Waals surface area (Å²) in [6.07, 6.45) is 1.71. The Hall–Kier alpha value is -4.31. The predicted octanol–water partition coefficient (Wildman–Crippen LogP) is 7.07. The van der Waals surface area contributed by atoms with Gasteiger partial charge in [0.15, 0.2) is 4.80 Å². The fourth-order valence-electron chi connectivity index (χ4n) is 5.05. The van der Waals surface area contributed by atoms with Crippen LogP contribution in [0, 0.1) is 5.82 Å². The minimum absolute atomic E-state index is 0.128. The van der Waals surface area contributed by atoms with Gasteiger partial charge in [-0.25, -0.2) is 14.2 Å². The second-order valence-electron chi connectivity index (χ2n) is 10.1. The van der Waals surface area contributed by atoms with E-state index in [1.165, 1.54) is 28.0 Å². The highest BCUT2D eigenvalue weighted by Gasteiger charge is 2.35. The van der Waals surface area contributed by atoms with E-state index in [1.807, 2.05) is 54.6 Å². The zero-order chi connectivity index (χ0) is 31.5. The summed E-state index contributed by atoms with van der Waals surface area (Å²) in [5, 5.41) is 0.477. The van der Waals surface area contributed by atoms with Crippen LogP contribution >= 0.6 is 38.9 Å². The van der Waals surface area contributed by atoms with Gasteiger partial charge in [-0.3, -0.25) is 9.36 Å². The number of nitrogens with zero attached hydrogens (tertiary/aromatic N) is 2. The summed E-state index contributed by atoms with van der Waals surface area (Å²) >= 11 is 11.0. The molecule has 0 unspecified atom stereocenters. The van der Waals surface area contributed by atoms with E-state index >= 15 is 0 Å². The Morgan fingerprint density at radius 1 is 1.04 bits per heavy atom. The summed E-state index contributed by atoms with van der Waals surface area (Å²) in [5.74, 6) is -0.504. The first-order valence-corrected chi connectivity index (χ1v) is 16.0. The molecule has 4 aromatic carbocycles. The molecule has 0 spiro atoms. The van der Waals surface area contributed by atoms with E-state index in [0.29, 0.717) is 49.1 Å². The van der Waals surface area contributed by atoms with E-state index < -0.39 is 17.8 Å². The maximum Gasteiger partial charge on any atom is 0.338 e. The van der Waals surface area contributed by atoms with Gasteiger partial charge in [0, 0.05) is 20.6 Å². The standard InChI is InChI=1S/C35H25BrClFN2O4S/c1-2-43-34(42)30-31(22-6-4-3-5-7-22)39-35-40(32(30)23-10-15-27(38)16-11-23)33(41)29(45-35)19-24-18-26(37)14-17-28(24)44-20-21-8-12-25(36)13-9-21/h3-19,32H,2,20H2,1H3/b29-19-/t32-/m1/s1. The summed E-state index contributed by atoms with van der Waals surface area (Å²) in [7, 11) is 0. The fourth-order valence-corrected chi connectivity index (χ4v) is 6.48. The lowest BCUT2D eigenvalue weighted by atomic mass is 9.93. The molecule has 0 aliphatic carbocycles. The monoisotopic (exact) mass is 702 g/mol. The van der Waals surface area contributed by atoms with E-state index in [-0.39, 0.29) is 17.7 Å². The van der Waals surface area contributed by atoms with Crippen molar-refractivity contribution in [3.05, 3.63) is 160 Å². The van der Waals surface area contributed by atoms with E-state index in [4.69, 9.17) is 26.1 Å². The van der Waals surface area contributed by atoms with Crippen molar-refractivity contribution in [3.8, 4) is 5.75 Å². The van der Waals surface area contributed by atoms with Gasteiger partial charge in [-0.1, -0.05) is 93.5 Å². The molecule has 0 bridgehead atoms. The number of ether oxygens (including phenoxy) is 2. The van der Waals surface area contributed by atoms with Crippen LogP contribution in [0.15, 0.2) is 117 Å². The molecule has 10 heteroatoms. The molecule has 0 N–H and O–H groups in total. The SMILES string of the molecule is CCOC(=O)C1=C(c2ccccc2)N=c2s/c(=C\c3cc(Cl)ccc3OCc3ccc(Br)cc3)c(=O)n2[C@@H]1c1ccc(F)cc1. The first kappa shape index (κ1) is 30.7. The largest absolute Gasteiger partial charge is 0.488 e. The van der Waals surface area contributed by atoms with E-state index in [9.17, 15) is 14.0 Å². The Kier molecular flexibility index (Phi) is 9.11. The first-order chi connectivity index (χ1) is 21.8. The Bertz CT molecular complexity index is 2090. The van der Waals surface area contributed by atoms with Crippen LogP contribution < -0.4 is 19.6 Å². The number of benzene rings is 4. The normalized spacial score (nSPS) is 14.6. The molecule has 1 aromatic heterocycles. The van der Waals surface area contributed by atoms with E-state index in [0.717, 1.165) is 10.0 Å². The van der Waals surface area contributed by atoms with Crippen LogP contribution in [-0.2, 0) is 16.1 Å². The third-order valence-electron chi connectivity index (χ3n) is 7.13. The third-order valence-corrected chi connectivity index (χ3v) is 8.87. The number of thiazole rings is 1. The Morgan fingerprint density at radius 2 is 1.78 bits per heavy atom. The second kappa shape index (κ2) is 13.4. The minimum Gasteiger partial charge on any atom is -0.488 e. The molecule has 226 valence electrons. The summed E-state index contributed by atoms with van der Waals surface area (Å²) in [6, 6.07) is 27.1. The van der Waals surface area contributed by atoms with Crippen molar-refractivity contribution in [2.24, 2.45) is 4.99 Å². The molecular formula is C35H25BrClFN2O4S. The number of rotatable bonds is 8. The van der Waals surface area contributed by atoms with Crippen LogP contribution in [-0.4, -0.2) is 17.1 Å². The van der Waals surface area contributed by atoms with Gasteiger partial charge >= 0.3 is 5.97 Å². The zero-order valence-corrected chi connectivity index (χ0v) is 27.0. The van der Waals surface area contributed by atoms with Gasteiger partial charge < -0.3 is 9.47 Å². The maximum absolute atomic E-state index is 14.2. The van der Waals surface area contributed by atoms with Crippen LogP contribution in [0.4, 0.5) is 4.39 Å². The van der Waals surface area contributed by atoms with Gasteiger partial charge in [0.25, 0.3) is 5.56 Å². The molecule has 1 aliphatic heterocycles. The number of esters is 1. The molecule has 0 fully saturated rings. The smallest absolute Gasteiger partial charge is 0.338 e. The number of hydrogen-bond donors (Lipinski definition) is 0. The van der Waals surface area contributed by atoms with Crippen molar-refractivity contribution in [3.63, 3.8) is 0 Å². The average Bonchev–Trinajstić information content (AvgIpc) is 3.35. The molecule has 6 rings (SSSR count). The summed E-state index contributed by atoms with van der Waals surface area (Å²) in [5.41, 5.74) is 3.00. The molecule has 6 nitrogen and oxygen atoms in total. The number of carbonyl (C=O) groups is 1. The van der Waals surface area contributed by atoms with Gasteiger partial charge in [-0.2, -0.15) is 0 Å². The predicted molar refractivity (Wildman–Crippen MR) is 177 cm³/mol. The zero-order valence-electron chi connectivity index (χ0n) is 23.9. The van der Waals surface area contributed by atoms with Crippen molar-refractivity contribution in [1.29, 1.82) is 0 Å². The van der Waals surface area contributed by atoms with Gasteiger partial charge in [0.05, 0.1) is 28.5 Å². The number of fused-ring (bicyclic) bond motifs is 1. The highest BCUT2D eigenvalue weighted by atomic mass is 79.9. The number of halogens is 3. The van der Waals surface area contributed by atoms with Gasteiger partial charge in [-0.05, 0) is 66.6 Å². The van der Waals surface area contributed by atoms with Gasteiger partial charge in [-0.15, -0.1) is 0 Å². The number of hydrogen-bond acceptors (Lipinski definition) is 6. The quantitative estimate of drug-likeness (QED) is 0.162. The molecule has 45 heavy (non-hydrogen) atoms. The third kappa shape index (κ3) is 6.56. The maximum atomic E-state index is 14.2. The molecule has 1 aliphatic rings. The number of aromatic nitrogens is 1. The van der Waals surface area contributed by atoms with Gasteiger partial charge in [0.2, 0.25) is 0 Å². The second-order valence-corrected chi connectivity index (χ2v) is 12.4. The van der Waals surface area contributed by atoms with Crippen molar-refractivity contribution < 1.29 is 18.7 Å². The minimum atomic E-state index is -0.911. The molecule has 1 atom stereocenters. The van der Waals surface area contributed by atoms with Gasteiger partial charge in [0.1, 0.15) is 18.2 Å².